The first kappa shape index (κ1) is 35.1. The topological polar surface area (TPSA) is 93.3 Å². The zero-order chi connectivity index (χ0) is 30.8. The molecule has 1 aliphatic rings. The molecule has 1 aromatic carbocycles. The normalized spacial score (nSPS) is 16.5. The van der Waals surface area contributed by atoms with Gasteiger partial charge in [-0.1, -0.05) is 74.3 Å². The number of fused-ring (bicyclic) bond motifs is 1. The zero-order valence-corrected chi connectivity index (χ0v) is 25.8. The number of pyridine rings is 1. The number of alkyl halides is 3. The Hall–Kier alpha value is -2.88. The first-order chi connectivity index (χ1) is 18.6. The van der Waals surface area contributed by atoms with Crippen molar-refractivity contribution in [2.24, 2.45) is 5.92 Å². The summed E-state index contributed by atoms with van der Waals surface area (Å²) in [7, 11) is 0. The summed E-state index contributed by atoms with van der Waals surface area (Å²) in [5, 5.41) is 21.3. The molecule has 226 valence electrons. The van der Waals surface area contributed by atoms with Gasteiger partial charge in [0, 0.05) is 11.4 Å². The number of nitrogens with one attached hydrogen (secondary N) is 1. The molecule has 0 aliphatic heterocycles. The molecule has 0 atom stereocenters. The fraction of sp³-hybridized carbons (Fsp3) is 0.633. The molecule has 0 unspecified atom stereocenters. The lowest BCUT2D eigenvalue weighted by molar-refractivity contribution is -0.153. The van der Waals surface area contributed by atoms with Crippen molar-refractivity contribution >= 4 is 16.9 Å². The Bertz CT molecular complexity index is 1180. The second-order valence-corrected chi connectivity index (χ2v) is 11.0. The highest BCUT2D eigenvalue weighted by atomic mass is 19.4. The maximum Gasteiger partial charge on any atom is 0.422 e. The van der Waals surface area contributed by atoms with E-state index in [1.807, 2.05) is 55.4 Å². The van der Waals surface area contributed by atoms with Crippen LogP contribution >= 0.6 is 0 Å². The summed E-state index contributed by atoms with van der Waals surface area (Å²) in [6, 6.07) is 5.28. The van der Waals surface area contributed by atoms with E-state index >= 15 is 0 Å². The van der Waals surface area contributed by atoms with Gasteiger partial charge in [-0.2, -0.15) is 13.2 Å². The number of aliphatic hydroxyl groups is 1. The summed E-state index contributed by atoms with van der Waals surface area (Å²) < 4.78 is 48.7. The van der Waals surface area contributed by atoms with Crippen LogP contribution in [-0.4, -0.2) is 45.2 Å². The number of aromatic nitrogens is 3. The SMILES string of the molecule is CC.CC.CC(C)C.Cc1cc(-c2nnc(NC3CC(O)C3)o2)nc2c(C(C)(C)C)cc(OCC(F)(F)F)cc12. The highest BCUT2D eigenvalue weighted by Gasteiger charge is 2.30. The average molecular weight is 569 g/mol. The molecule has 7 nitrogen and oxygen atoms in total. The lowest BCUT2D eigenvalue weighted by Gasteiger charge is -2.30. The van der Waals surface area contributed by atoms with Crippen LogP contribution in [0.2, 0.25) is 0 Å². The molecule has 10 heteroatoms. The molecule has 1 saturated carbocycles. The van der Waals surface area contributed by atoms with Crippen molar-refractivity contribution in [1.29, 1.82) is 0 Å². The van der Waals surface area contributed by atoms with E-state index in [1.165, 1.54) is 0 Å². The maximum absolute atomic E-state index is 12.7. The quantitative estimate of drug-likeness (QED) is 0.319. The van der Waals surface area contributed by atoms with Gasteiger partial charge in [-0.05, 0) is 60.4 Å². The Kier molecular flexibility index (Phi) is 13.4. The van der Waals surface area contributed by atoms with Crippen LogP contribution in [0.1, 0.15) is 93.2 Å². The van der Waals surface area contributed by atoms with Crippen LogP contribution in [0.15, 0.2) is 22.6 Å². The summed E-state index contributed by atoms with van der Waals surface area (Å²) in [5.41, 5.74) is 2.25. The van der Waals surface area contributed by atoms with Gasteiger partial charge in [0.1, 0.15) is 11.4 Å². The van der Waals surface area contributed by atoms with E-state index in [0.717, 1.165) is 17.0 Å². The van der Waals surface area contributed by atoms with E-state index in [0.29, 0.717) is 29.4 Å². The molecule has 1 fully saturated rings. The molecule has 1 aliphatic carbocycles. The minimum Gasteiger partial charge on any atom is -0.484 e. The van der Waals surface area contributed by atoms with Crippen molar-refractivity contribution in [2.75, 3.05) is 11.9 Å². The highest BCUT2D eigenvalue weighted by molar-refractivity contribution is 5.89. The van der Waals surface area contributed by atoms with E-state index in [-0.39, 0.29) is 29.8 Å². The number of anilines is 1. The predicted molar refractivity (Wildman–Crippen MR) is 156 cm³/mol. The molecule has 0 radical (unpaired) electrons. The smallest absolute Gasteiger partial charge is 0.422 e. The van der Waals surface area contributed by atoms with Gasteiger partial charge in [0.2, 0.25) is 0 Å². The van der Waals surface area contributed by atoms with Crippen LogP contribution < -0.4 is 10.1 Å². The summed E-state index contributed by atoms with van der Waals surface area (Å²) >= 11 is 0. The Morgan fingerprint density at radius 3 is 2.10 bits per heavy atom. The first-order valence-corrected chi connectivity index (χ1v) is 14.1. The number of halogens is 3. The minimum absolute atomic E-state index is 0.0900. The van der Waals surface area contributed by atoms with Crippen molar-refractivity contribution in [3.8, 4) is 17.3 Å². The molecule has 40 heavy (non-hydrogen) atoms. The molecule has 2 aromatic heterocycles. The largest absolute Gasteiger partial charge is 0.484 e. The summed E-state index contributed by atoms with van der Waals surface area (Å²) in [4.78, 5) is 4.72. The molecule has 0 amide bonds. The van der Waals surface area contributed by atoms with E-state index in [4.69, 9.17) is 14.1 Å². The summed E-state index contributed by atoms with van der Waals surface area (Å²) in [5.74, 6) is 1.21. The number of aliphatic hydroxyl groups excluding tert-OH is 1. The fourth-order valence-electron chi connectivity index (χ4n) is 3.66. The molecule has 0 bridgehead atoms. The van der Waals surface area contributed by atoms with E-state index in [9.17, 15) is 18.3 Å². The number of benzene rings is 1. The van der Waals surface area contributed by atoms with Gasteiger partial charge in [-0.3, -0.25) is 0 Å². The second-order valence-electron chi connectivity index (χ2n) is 11.0. The van der Waals surface area contributed by atoms with Gasteiger partial charge in [0.05, 0.1) is 11.6 Å². The third-order valence-electron chi connectivity index (χ3n) is 5.39. The average Bonchev–Trinajstić information content (AvgIpc) is 3.31. The standard InChI is InChI=1S/C22H25F3N4O3.C4H10.2C2H6/c1-11-5-17(19-28-29-20(32-19)26-12-6-13(30)7-12)27-18-15(11)8-14(31-10-22(23,24)25)9-16(18)21(2,3)4;1-4(2)3;2*1-2/h5,8-9,12-13,30H,6-7,10H2,1-4H3,(H,26,29);4H,1-3H3;2*1-2H3. The Labute approximate surface area is 236 Å². The van der Waals surface area contributed by atoms with Crippen LogP contribution in [0.3, 0.4) is 0 Å². The third-order valence-corrected chi connectivity index (χ3v) is 5.39. The number of rotatable bonds is 5. The van der Waals surface area contributed by atoms with Crippen LogP contribution in [0, 0.1) is 12.8 Å². The maximum atomic E-state index is 12.7. The lowest BCUT2D eigenvalue weighted by atomic mass is 9.84. The lowest BCUT2D eigenvalue weighted by Crippen LogP contribution is -2.39. The molecule has 2 N–H and O–H groups in total. The van der Waals surface area contributed by atoms with Crippen LogP contribution in [0.4, 0.5) is 19.2 Å². The summed E-state index contributed by atoms with van der Waals surface area (Å²) in [6.45, 7) is 20.9. The van der Waals surface area contributed by atoms with Gasteiger partial charge >= 0.3 is 12.2 Å². The van der Waals surface area contributed by atoms with Crippen LogP contribution in [0.5, 0.6) is 5.75 Å². The zero-order valence-electron chi connectivity index (χ0n) is 25.8. The van der Waals surface area contributed by atoms with E-state index in [2.05, 4.69) is 36.3 Å². The van der Waals surface area contributed by atoms with Crippen LogP contribution in [-0.2, 0) is 5.41 Å². The first-order valence-electron chi connectivity index (χ1n) is 14.1. The van der Waals surface area contributed by atoms with Gasteiger partial charge < -0.3 is 19.6 Å². The number of hydrogen-bond acceptors (Lipinski definition) is 7. The molecular weight excluding hydrogens is 521 g/mol. The van der Waals surface area contributed by atoms with Gasteiger partial charge in [0.25, 0.3) is 5.89 Å². The Balaban J connectivity index is 0.000000902. The molecule has 2 heterocycles. The Morgan fingerprint density at radius 1 is 1.02 bits per heavy atom. The predicted octanol–water partition coefficient (Wildman–Crippen LogP) is 8.48. The van der Waals surface area contributed by atoms with Crippen molar-refractivity contribution in [3.63, 3.8) is 0 Å². The monoisotopic (exact) mass is 568 g/mol. The van der Waals surface area contributed by atoms with Gasteiger partial charge in [0.15, 0.2) is 6.61 Å². The van der Waals surface area contributed by atoms with E-state index < -0.39 is 18.2 Å². The summed E-state index contributed by atoms with van der Waals surface area (Å²) in [6.07, 6.45) is -3.48. The second kappa shape index (κ2) is 15.2. The van der Waals surface area contributed by atoms with Gasteiger partial charge in [-0.15, -0.1) is 5.10 Å². The van der Waals surface area contributed by atoms with Gasteiger partial charge in [-0.25, -0.2) is 4.98 Å². The molecule has 0 spiro atoms. The van der Waals surface area contributed by atoms with Crippen molar-refractivity contribution < 1.29 is 27.4 Å². The van der Waals surface area contributed by atoms with Crippen LogP contribution in [0.25, 0.3) is 22.5 Å². The minimum atomic E-state index is -4.42. The highest BCUT2D eigenvalue weighted by Crippen LogP contribution is 2.36. The molecule has 4 rings (SSSR count). The number of ether oxygens (including phenoxy) is 1. The van der Waals surface area contributed by atoms with E-state index in [1.54, 1.807) is 18.2 Å². The molecular formula is C30H47F3N4O3. The molecule has 3 aromatic rings. The number of nitrogens with zero attached hydrogens (tertiary/aromatic N) is 3. The number of hydrogen-bond donors (Lipinski definition) is 2. The molecule has 0 saturated heterocycles. The third kappa shape index (κ3) is 10.6. The Morgan fingerprint density at radius 2 is 1.60 bits per heavy atom. The van der Waals surface area contributed by atoms with Crippen molar-refractivity contribution in [1.82, 2.24) is 15.2 Å². The van der Waals surface area contributed by atoms with Crippen molar-refractivity contribution in [3.05, 3.63) is 29.3 Å². The van der Waals surface area contributed by atoms with Crippen molar-refractivity contribution in [2.45, 2.75) is 113 Å². The number of aryl methyl sites for hydroxylation is 1. The fourth-order valence-corrected chi connectivity index (χ4v) is 3.66.